The first-order valence-corrected chi connectivity index (χ1v) is 6.14. The SMILES string of the molecule is COc1cc(C)c(Cl)cc1CCCc1nn[nH]n1. The highest BCUT2D eigenvalue weighted by Crippen LogP contribution is 2.27. The Bertz CT molecular complexity index is 513. The monoisotopic (exact) mass is 266 g/mol. The van der Waals surface area contributed by atoms with E-state index in [9.17, 15) is 0 Å². The molecule has 0 amide bonds. The van der Waals surface area contributed by atoms with E-state index in [1.54, 1.807) is 7.11 Å². The highest BCUT2D eigenvalue weighted by Gasteiger charge is 2.07. The van der Waals surface area contributed by atoms with Crippen molar-refractivity contribution < 1.29 is 4.74 Å². The predicted molar refractivity (Wildman–Crippen MR) is 68.9 cm³/mol. The van der Waals surface area contributed by atoms with E-state index < -0.39 is 0 Å². The zero-order valence-corrected chi connectivity index (χ0v) is 11.2. The van der Waals surface area contributed by atoms with Gasteiger partial charge in [0.25, 0.3) is 0 Å². The Hall–Kier alpha value is -1.62. The van der Waals surface area contributed by atoms with E-state index in [-0.39, 0.29) is 0 Å². The predicted octanol–water partition coefficient (Wildman–Crippen LogP) is 2.35. The van der Waals surface area contributed by atoms with Gasteiger partial charge in [-0.1, -0.05) is 16.8 Å². The molecule has 0 aliphatic carbocycles. The van der Waals surface area contributed by atoms with E-state index in [1.807, 2.05) is 19.1 Å². The van der Waals surface area contributed by atoms with Crippen LogP contribution in [0.2, 0.25) is 5.02 Å². The maximum atomic E-state index is 6.13. The molecule has 0 unspecified atom stereocenters. The molecule has 96 valence electrons. The number of nitrogens with one attached hydrogen (secondary N) is 1. The summed E-state index contributed by atoms with van der Waals surface area (Å²) < 4.78 is 5.36. The molecular formula is C12H15ClN4O. The number of aromatic amines is 1. The van der Waals surface area contributed by atoms with Gasteiger partial charge < -0.3 is 4.74 Å². The molecule has 1 aromatic heterocycles. The summed E-state index contributed by atoms with van der Waals surface area (Å²) in [6.45, 7) is 1.97. The quantitative estimate of drug-likeness (QED) is 0.902. The Morgan fingerprint density at radius 2 is 2.17 bits per heavy atom. The summed E-state index contributed by atoms with van der Waals surface area (Å²) >= 11 is 6.13. The summed E-state index contributed by atoms with van der Waals surface area (Å²) in [5.74, 6) is 1.61. The number of halogens is 1. The van der Waals surface area contributed by atoms with Crippen LogP contribution in [0.1, 0.15) is 23.4 Å². The lowest BCUT2D eigenvalue weighted by Crippen LogP contribution is -1.97. The van der Waals surface area contributed by atoms with Gasteiger partial charge in [-0.25, -0.2) is 0 Å². The molecule has 0 atom stereocenters. The smallest absolute Gasteiger partial charge is 0.174 e. The summed E-state index contributed by atoms with van der Waals surface area (Å²) in [6, 6.07) is 3.93. The summed E-state index contributed by atoms with van der Waals surface area (Å²) in [7, 11) is 1.67. The van der Waals surface area contributed by atoms with Crippen LogP contribution in [0.3, 0.4) is 0 Å². The van der Waals surface area contributed by atoms with Crippen LogP contribution in [-0.2, 0) is 12.8 Å². The van der Waals surface area contributed by atoms with Crippen LogP contribution < -0.4 is 4.74 Å². The second-order valence-electron chi connectivity index (χ2n) is 4.09. The molecule has 6 heteroatoms. The number of ether oxygens (including phenoxy) is 1. The maximum absolute atomic E-state index is 6.13. The summed E-state index contributed by atoms with van der Waals surface area (Å²) in [5, 5.41) is 14.6. The second-order valence-corrected chi connectivity index (χ2v) is 4.50. The molecule has 0 aliphatic rings. The molecule has 0 spiro atoms. The Labute approximate surface area is 111 Å². The van der Waals surface area contributed by atoms with Crippen molar-refractivity contribution in [2.45, 2.75) is 26.2 Å². The molecule has 1 heterocycles. The molecule has 18 heavy (non-hydrogen) atoms. The number of tetrazole rings is 1. The number of methoxy groups -OCH3 is 1. The molecule has 2 aromatic rings. The first kappa shape index (κ1) is 12.8. The van der Waals surface area contributed by atoms with Crippen molar-refractivity contribution in [2.75, 3.05) is 7.11 Å². The zero-order chi connectivity index (χ0) is 13.0. The number of aryl methyl sites for hydroxylation is 3. The third-order valence-corrected chi connectivity index (χ3v) is 3.20. The minimum Gasteiger partial charge on any atom is -0.496 e. The highest BCUT2D eigenvalue weighted by molar-refractivity contribution is 6.31. The van der Waals surface area contributed by atoms with Gasteiger partial charge in [0.05, 0.1) is 7.11 Å². The fraction of sp³-hybridized carbons (Fsp3) is 0.417. The zero-order valence-electron chi connectivity index (χ0n) is 10.4. The van der Waals surface area contributed by atoms with E-state index in [0.29, 0.717) is 0 Å². The third kappa shape index (κ3) is 2.98. The van der Waals surface area contributed by atoms with Crippen molar-refractivity contribution in [1.29, 1.82) is 0 Å². The van der Waals surface area contributed by atoms with Crippen molar-refractivity contribution in [3.8, 4) is 5.75 Å². The Morgan fingerprint density at radius 1 is 1.33 bits per heavy atom. The average Bonchev–Trinajstić information content (AvgIpc) is 2.86. The molecule has 2 rings (SSSR count). The van der Waals surface area contributed by atoms with Crippen LogP contribution >= 0.6 is 11.6 Å². The minimum atomic E-state index is 0.729. The minimum absolute atomic E-state index is 0.729. The maximum Gasteiger partial charge on any atom is 0.174 e. The Morgan fingerprint density at radius 3 is 2.83 bits per heavy atom. The van der Waals surface area contributed by atoms with E-state index in [2.05, 4.69) is 20.6 Å². The van der Waals surface area contributed by atoms with Crippen LogP contribution in [0.5, 0.6) is 5.75 Å². The molecule has 1 N–H and O–H groups in total. The number of benzene rings is 1. The Kier molecular flexibility index (Phi) is 4.15. The molecule has 5 nitrogen and oxygen atoms in total. The van der Waals surface area contributed by atoms with Gasteiger partial charge >= 0.3 is 0 Å². The van der Waals surface area contributed by atoms with Crippen molar-refractivity contribution >= 4 is 11.6 Å². The molecule has 0 radical (unpaired) electrons. The van der Waals surface area contributed by atoms with Crippen LogP contribution in [0.25, 0.3) is 0 Å². The highest BCUT2D eigenvalue weighted by atomic mass is 35.5. The van der Waals surface area contributed by atoms with Gasteiger partial charge in [-0.15, -0.1) is 10.2 Å². The van der Waals surface area contributed by atoms with Crippen LogP contribution in [0.15, 0.2) is 12.1 Å². The van der Waals surface area contributed by atoms with Crippen molar-refractivity contribution in [3.63, 3.8) is 0 Å². The van der Waals surface area contributed by atoms with Gasteiger partial charge in [0.15, 0.2) is 5.82 Å². The number of hydrogen-bond acceptors (Lipinski definition) is 4. The molecule has 0 saturated carbocycles. The number of aromatic nitrogens is 4. The topological polar surface area (TPSA) is 63.7 Å². The molecule has 0 saturated heterocycles. The van der Waals surface area contributed by atoms with Gasteiger partial charge in [0.2, 0.25) is 0 Å². The van der Waals surface area contributed by atoms with Crippen molar-refractivity contribution in [2.24, 2.45) is 0 Å². The summed E-state index contributed by atoms with van der Waals surface area (Å²) in [4.78, 5) is 0. The largest absolute Gasteiger partial charge is 0.496 e. The average molecular weight is 267 g/mol. The molecule has 0 bridgehead atoms. The van der Waals surface area contributed by atoms with Crippen LogP contribution in [-0.4, -0.2) is 27.7 Å². The fourth-order valence-electron chi connectivity index (χ4n) is 1.81. The van der Waals surface area contributed by atoms with Crippen molar-refractivity contribution in [3.05, 3.63) is 34.1 Å². The number of nitrogens with zero attached hydrogens (tertiary/aromatic N) is 3. The Balaban J connectivity index is 2.02. The fourth-order valence-corrected chi connectivity index (χ4v) is 1.99. The standard InChI is InChI=1S/C12H15ClN4O/c1-8-6-11(18-2)9(7-10(8)13)4-3-5-12-14-16-17-15-12/h6-7H,3-5H2,1-2H3,(H,14,15,16,17). The van der Waals surface area contributed by atoms with Crippen LogP contribution in [0, 0.1) is 6.92 Å². The summed E-state index contributed by atoms with van der Waals surface area (Å²) in [5.41, 5.74) is 2.13. The van der Waals surface area contributed by atoms with Gasteiger partial charge in [-0.3, -0.25) is 0 Å². The van der Waals surface area contributed by atoms with Gasteiger partial charge in [0, 0.05) is 11.4 Å². The number of H-pyrrole nitrogens is 1. The van der Waals surface area contributed by atoms with Gasteiger partial charge in [0.1, 0.15) is 5.75 Å². The molecule has 0 aliphatic heterocycles. The lowest BCUT2D eigenvalue weighted by molar-refractivity contribution is 0.408. The second kappa shape index (κ2) is 5.82. The molecular weight excluding hydrogens is 252 g/mol. The third-order valence-electron chi connectivity index (χ3n) is 2.80. The number of hydrogen-bond donors (Lipinski definition) is 1. The molecule has 1 aromatic carbocycles. The summed E-state index contributed by atoms with van der Waals surface area (Å²) in [6.07, 6.45) is 2.58. The lowest BCUT2D eigenvalue weighted by Gasteiger charge is -2.10. The van der Waals surface area contributed by atoms with E-state index in [4.69, 9.17) is 16.3 Å². The first-order valence-electron chi connectivity index (χ1n) is 5.76. The lowest BCUT2D eigenvalue weighted by atomic mass is 10.0. The van der Waals surface area contributed by atoms with Crippen molar-refractivity contribution in [1.82, 2.24) is 20.6 Å². The van der Waals surface area contributed by atoms with E-state index in [1.165, 1.54) is 0 Å². The van der Waals surface area contributed by atoms with Crippen LogP contribution in [0.4, 0.5) is 0 Å². The van der Waals surface area contributed by atoms with E-state index in [0.717, 1.165) is 47.0 Å². The van der Waals surface area contributed by atoms with Gasteiger partial charge in [-0.05, 0) is 43.0 Å². The number of rotatable bonds is 5. The first-order chi connectivity index (χ1) is 8.70. The van der Waals surface area contributed by atoms with Gasteiger partial charge in [-0.2, -0.15) is 5.21 Å². The van der Waals surface area contributed by atoms with E-state index >= 15 is 0 Å². The normalized spacial score (nSPS) is 10.6. The molecule has 0 fully saturated rings.